The summed E-state index contributed by atoms with van der Waals surface area (Å²) < 4.78 is 13.2. The van der Waals surface area contributed by atoms with Crippen LogP contribution in [0.2, 0.25) is 0 Å². The standard InChI is InChI=1S/C35H33N3O4/c39-19-1-20-41-21-2-22-42-31-11-5-26(6-12-31)25-3-9-30(10-4-25)38-24-33(35(37-38)27-15-17-36-18-16-27)29-7-13-32-28(23-29)8-14-34(32)40/h3-7,9-13,15-18,23-24,39H,1-2,8,14,19-22H2. The number of fused-ring (bicyclic) bond motifs is 1. The summed E-state index contributed by atoms with van der Waals surface area (Å²) in [5.41, 5.74) is 9.04. The number of carbonyl (C=O) groups excluding carboxylic acids is 1. The predicted molar refractivity (Wildman–Crippen MR) is 163 cm³/mol. The first kappa shape index (κ1) is 27.6. The highest BCUT2D eigenvalue weighted by Crippen LogP contribution is 2.35. The number of pyridine rings is 1. The number of ether oxygens (including phenoxy) is 2. The third-order valence-electron chi connectivity index (χ3n) is 7.47. The highest BCUT2D eigenvalue weighted by Gasteiger charge is 2.21. The zero-order chi connectivity index (χ0) is 28.7. The highest BCUT2D eigenvalue weighted by molar-refractivity contribution is 6.01. The van der Waals surface area contributed by atoms with E-state index in [1.54, 1.807) is 12.4 Å². The molecule has 0 saturated carbocycles. The van der Waals surface area contributed by atoms with Crippen molar-refractivity contribution < 1.29 is 19.4 Å². The first-order valence-corrected chi connectivity index (χ1v) is 14.4. The van der Waals surface area contributed by atoms with Gasteiger partial charge in [-0.2, -0.15) is 5.10 Å². The minimum atomic E-state index is 0.156. The van der Waals surface area contributed by atoms with Gasteiger partial charge in [-0.3, -0.25) is 9.78 Å². The molecule has 0 unspecified atom stereocenters. The van der Waals surface area contributed by atoms with Crippen LogP contribution in [-0.2, 0) is 11.2 Å². The van der Waals surface area contributed by atoms with Crippen molar-refractivity contribution in [3.05, 3.63) is 109 Å². The van der Waals surface area contributed by atoms with E-state index >= 15 is 0 Å². The molecule has 2 aromatic heterocycles. The Labute approximate surface area is 245 Å². The van der Waals surface area contributed by atoms with Gasteiger partial charge in [-0.25, -0.2) is 4.68 Å². The van der Waals surface area contributed by atoms with E-state index in [2.05, 4.69) is 53.6 Å². The van der Waals surface area contributed by atoms with Crippen LogP contribution in [0, 0.1) is 0 Å². The normalized spacial score (nSPS) is 12.5. The number of hydrogen-bond donors (Lipinski definition) is 1. The molecule has 0 amide bonds. The molecule has 42 heavy (non-hydrogen) atoms. The lowest BCUT2D eigenvalue weighted by Crippen LogP contribution is -2.04. The molecule has 0 spiro atoms. The highest BCUT2D eigenvalue weighted by atomic mass is 16.5. The van der Waals surface area contributed by atoms with Crippen LogP contribution in [0.3, 0.4) is 0 Å². The number of Topliss-reactive ketones (excluding diaryl/α,β-unsaturated/α-hetero) is 1. The monoisotopic (exact) mass is 559 g/mol. The third kappa shape index (κ3) is 6.17. The molecule has 0 saturated heterocycles. The molecule has 1 aliphatic carbocycles. The molecule has 0 radical (unpaired) electrons. The SMILES string of the molecule is O=C1CCc2cc(-c3cn(-c4ccc(-c5ccc(OCCCOCCCO)cc5)cc4)nc3-c3ccncc3)ccc21. The molecule has 7 nitrogen and oxygen atoms in total. The van der Waals surface area contributed by atoms with Gasteiger partial charge in [-0.05, 0) is 71.5 Å². The van der Waals surface area contributed by atoms with Crippen molar-refractivity contribution in [2.75, 3.05) is 26.4 Å². The molecule has 212 valence electrons. The minimum absolute atomic E-state index is 0.156. The Hall–Kier alpha value is -4.59. The van der Waals surface area contributed by atoms with Crippen LogP contribution in [0.1, 0.15) is 35.2 Å². The van der Waals surface area contributed by atoms with Gasteiger partial charge < -0.3 is 14.6 Å². The second-order valence-corrected chi connectivity index (χ2v) is 10.3. The summed E-state index contributed by atoms with van der Waals surface area (Å²) in [7, 11) is 0. The van der Waals surface area contributed by atoms with Crippen molar-refractivity contribution >= 4 is 5.78 Å². The summed E-state index contributed by atoms with van der Waals surface area (Å²) in [6.45, 7) is 1.95. The fraction of sp³-hybridized carbons (Fsp3) is 0.229. The number of ketones is 1. The van der Waals surface area contributed by atoms with Gasteiger partial charge in [0.1, 0.15) is 11.4 Å². The fourth-order valence-electron chi connectivity index (χ4n) is 5.23. The van der Waals surface area contributed by atoms with Crippen molar-refractivity contribution in [1.82, 2.24) is 14.8 Å². The predicted octanol–water partition coefficient (Wildman–Crippen LogP) is 6.57. The Morgan fingerprint density at radius 2 is 1.45 bits per heavy atom. The van der Waals surface area contributed by atoms with Crippen LogP contribution < -0.4 is 4.74 Å². The topological polar surface area (TPSA) is 86.5 Å². The Balaban J connectivity index is 1.18. The van der Waals surface area contributed by atoms with Crippen molar-refractivity contribution in [3.63, 3.8) is 0 Å². The molecule has 1 N–H and O–H groups in total. The second-order valence-electron chi connectivity index (χ2n) is 10.3. The zero-order valence-electron chi connectivity index (χ0n) is 23.4. The van der Waals surface area contributed by atoms with E-state index in [-0.39, 0.29) is 12.4 Å². The van der Waals surface area contributed by atoms with Crippen LogP contribution >= 0.6 is 0 Å². The van der Waals surface area contributed by atoms with Crippen LogP contribution in [0.25, 0.3) is 39.2 Å². The van der Waals surface area contributed by atoms with Crippen molar-refractivity contribution in [1.29, 1.82) is 0 Å². The maximum Gasteiger partial charge on any atom is 0.163 e. The molecule has 0 bridgehead atoms. The largest absolute Gasteiger partial charge is 0.494 e. The number of aromatic nitrogens is 3. The average Bonchev–Trinajstić information content (AvgIpc) is 3.65. The Morgan fingerprint density at radius 3 is 2.21 bits per heavy atom. The molecule has 0 atom stereocenters. The molecule has 1 aliphatic rings. The quantitative estimate of drug-likeness (QED) is 0.174. The van der Waals surface area contributed by atoms with Gasteiger partial charge >= 0.3 is 0 Å². The molecular formula is C35H33N3O4. The smallest absolute Gasteiger partial charge is 0.163 e. The molecule has 3 aromatic carbocycles. The number of aliphatic hydroxyl groups is 1. The molecule has 6 rings (SSSR count). The van der Waals surface area contributed by atoms with Crippen LogP contribution in [0.5, 0.6) is 5.75 Å². The van der Waals surface area contributed by atoms with E-state index in [0.29, 0.717) is 32.7 Å². The van der Waals surface area contributed by atoms with E-state index in [1.165, 1.54) is 0 Å². The first-order valence-electron chi connectivity index (χ1n) is 14.4. The van der Waals surface area contributed by atoms with E-state index < -0.39 is 0 Å². The number of nitrogens with zero attached hydrogens (tertiary/aromatic N) is 3. The number of hydrogen-bond acceptors (Lipinski definition) is 6. The lowest BCUT2D eigenvalue weighted by atomic mass is 9.98. The van der Waals surface area contributed by atoms with Crippen molar-refractivity contribution in [2.24, 2.45) is 0 Å². The van der Waals surface area contributed by atoms with Gasteiger partial charge in [0.15, 0.2) is 5.78 Å². The van der Waals surface area contributed by atoms with E-state index in [9.17, 15) is 4.79 Å². The average molecular weight is 560 g/mol. The lowest BCUT2D eigenvalue weighted by molar-refractivity contribution is 0.0994. The molecular weight excluding hydrogens is 526 g/mol. The van der Waals surface area contributed by atoms with Crippen LogP contribution in [0.4, 0.5) is 0 Å². The molecule has 7 heteroatoms. The summed E-state index contributed by atoms with van der Waals surface area (Å²) in [6.07, 6.45) is 8.46. The van der Waals surface area contributed by atoms with Crippen LogP contribution in [-0.4, -0.2) is 52.1 Å². The number of aryl methyl sites for hydroxylation is 1. The van der Waals surface area contributed by atoms with Gasteiger partial charge in [0, 0.05) is 67.9 Å². The summed E-state index contributed by atoms with van der Waals surface area (Å²) >= 11 is 0. The number of benzene rings is 3. The first-order chi connectivity index (χ1) is 20.7. The maximum atomic E-state index is 12.2. The van der Waals surface area contributed by atoms with Gasteiger partial charge in [-0.1, -0.05) is 42.5 Å². The second kappa shape index (κ2) is 12.9. The molecule has 5 aromatic rings. The van der Waals surface area contributed by atoms with Crippen molar-refractivity contribution in [2.45, 2.75) is 25.7 Å². The Morgan fingerprint density at radius 1 is 0.738 bits per heavy atom. The molecule has 0 fully saturated rings. The number of rotatable bonds is 12. The van der Waals surface area contributed by atoms with Crippen molar-refractivity contribution in [3.8, 4) is 44.9 Å². The van der Waals surface area contributed by atoms with E-state index in [0.717, 1.165) is 68.9 Å². The van der Waals surface area contributed by atoms with Gasteiger partial charge in [0.05, 0.1) is 12.3 Å². The number of carbonyl (C=O) groups is 1. The van der Waals surface area contributed by atoms with Gasteiger partial charge in [0.2, 0.25) is 0 Å². The fourth-order valence-corrected chi connectivity index (χ4v) is 5.23. The Kier molecular flexibility index (Phi) is 8.49. The summed E-state index contributed by atoms with van der Waals surface area (Å²) in [4.78, 5) is 16.4. The van der Waals surface area contributed by atoms with Gasteiger partial charge in [0.25, 0.3) is 0 Å². The summed E-state index contributed by atoms with van der Waals surface area (Å²) in [6, 6.07) is 26.5. The molecule has 2 heterocycles. The van der Waals surface area contributed by atoms with E-state index in [4.69, 9.17) is 19.7 Å². The van der Waals surface area contributed by atoms with Crippen LogP contribution in [0.15, 0.2) is 97.5 Å². The maximum absolute atomic E-state index is 12.2. The zero-order valence-corrected chi connectivity index (χ0v) is 23.4. The van der Waals surface area contributed by atoms with E-state index in [1.807, 2.05) is 41.1 Å². The summed E-state index contributed by atoms with van der Waals surface area (Å²) in [5, 5.41) is 13.8. The molecule has 0 aliphatic heterocycles. The third-order valence-corrected chi connectivity index (χ3v) is 7.47. The minimum Gasteiger partial charge on any atom is -0.494 e. The Bertz CT molecular complexity index is 1640. The lowest BCUT2D eigenvalue weighted by Gasteiger charge is -2.09. The summed E-state index contributed by atoms with van der Waals surface area (Å²) in [5.74, 6) is 1.05. The number of aliphatic hydroxyl groups excluding tert-OH is 1. The van der Waals surface area contributed by atoms with Gasteiger partial charge in [-0.15, -0.1) is 0 Å².